The molecule has 2 aromatic rings. The van der Waals surface area contributed by atoms with Crippen LogP contribution in [-0.2, 0) is 4.79 Å². The van der Waals surface area contributed by atoms with Gasteiger partial charge in [0.25, 0.3) is 0 Å². The lowest BCUT2D eigenvalue weighted by Crippen LogP contribution is -2.28. The summed E-state index contributed by atoms with van der Waals surface area (Å²) in [4.78, 5) is 12.3. The Hall–Kier alpha value is -2.33. The van der Waals surface area contributed by atoms with Crippen molar-refractivity contribution in [1.82, 2.24) is 5.32 Å². The number of hydrogen-bond donors (Lipinski definition) is 2. The largest absolute Gasteiger partial charge is 0.496 e. The molecule has 2 N–H and O–H groups in total. The normalized spacial score (nSPS) is 14.9. The number of methoxy groups -OCH3 is 1. The number of benzene rings is 2. The molecule has 0 aromatic heterocycles. The Balaban J connectivity index is 1.62. The van der Waals surface area contributed by atoms with Gasteiger partial charge in [-0.15, -0.1) is 0 Å². The minimum absolute atomic E-state index is 0.0932. The standard InChI is InChI=1S/C21H26N2O2/c1-25-20-8-3-2-7-19(20)17-5-4-6-18(15-17)23-21(24)10-9-16-11-13-22-14-12-16/h2-8,15-16,22H,9-14H2,1H3,(H,23,24). The van der Waals surface area contributed by atoms with Crippen molar-refractivity contribution in [1.29, 1.82) is 0 Å². The van der Waals surface area contributed by atoms with Crippen molar-refractivity contribution in [2.24, 2.45) is 5.92 Å². The van der Waals surface area contributed by atoms with Crippen LogP contribution in [-0.4, -0.2) is 26.1 Å². The van der Waals surface area contributed by atoms with Crippen molar-refractivity contribution in [3.8, 4) is 16.9 Å². The second-order valence-corrected chi connectivity index (χ2v) is 6.56. The number of piperidine rings is 1. The summed E-state index contributed by atoms with van der Waals surface area (Å²) in [6, 6.07) is 15.8. The Kier molecular flexibility index (Phi) is 6.07. The summed E-state index contributed by atoms with van der Waals surface area (Å²) in [7, 11) is 1.67. The lowest BCUT2D eigenvalue weighted by molar-refractivity contribution is -0.116. The van der Waals surface area contributed by atoms with Gasteiger partial charge >= 0.3 is 0 Å². The maximum Gasteiger partial charge on any atom is 0.224 e. The molecule has 3 rings (SSSR count). The molecule has 1 aliphatic heterocycles. The summed E-state index contributed by atoms with van der Waals surface area (Å²) in [6.07, 6.45) is 3.91. The summed E-state index contributed by atoms with van der Waals surface area (Å²) in [5, 5.41) is 6.40. The van der Waals surface area contributed by atoms with E-state index >= 15 is 0 Å². The lowest BCUT2D eigenvalue weighted by Gasteiger charge is -2.22. The molecule has 0 saturated carbocycles. The summed E-state index contributed by atoms with van der Waals surface area (Å²) in [5.41, 5.74) is 2.89. The van der Waals surface area contributed by atoms with Crippen molar-refractivity contribution in [3.05, 3.63) is 48.5 Å². The second kappa shape index (κ2) is 8.67. The van der Waals surface area contributed by atoms with Crippen molar-refractivity contribution < 1.29 is 9.53 Å². The first-order valence-electron chi connectivity index (χ1n) is 9.00. The minimum Gasteiger partial charge on any atom is -0.496 e. The average Bonchev–Trinajstić information content (AvgIpc) is 2.67. The third-order valence-corrected chi connectivity index (χ3v) is 4.80. The van der Waals surface area contributed by atoms with Gasteiger partial charge in [-0.25, -0.2) is 0 Å². The Morgan fingerprint density at radius 3 is 2.76 bits per heavy atom. The van der Waals surface area contributed by atoms with Crippen LogP contribution in [0, 0.1) is 5.92 Å². The summed E-state index contributed by atoms with van der Waals surface area (Å²) in [5.74, 6) is 1.60. The van der Waals surface area contributed by atoms with Crippen LogP contribution >= 0.6 is 0 Å². The molecule has 4 heteroatoms. The van der Waals surface area contributed by atoms with E-state index in [0.717, 1.165) is 42.1 Å². The van der Waals surface area contributed by atoms with Crippen LogP contribution < -0.4 is 15.4 Å². The van der Waals surface area contributed by atoms with E-state index in [4.69, 9.17) is 4.74 Å². The van der Waals surface area contributed by atoms with E-state index < -0.39 is 0 Å². The van der Waals surface area contributed by atoms with Gasteiger partial charge in [0.1, 0.15) is 5.75 Å². The fourth-order valence-electron chi connectivity index (χ4n) is 3.38. The van der Waals surface area contributed by atoms with E-state index in [0.29, 0.717) is 12.3 Å². The predicted molar refractivity (Wildman–Crippen MR) is 102 cm³/mol. The number of carbonyl (C=O) groups excluding carboxylic acids is 1. The third kappa shape index (κ3) is 4.83. The number of rotatable bonds is 6. The molecule has 1 fully saturated rings. The predicted octanol–water partition coefficient (Wildman–Crippen LogP) is 4.08. The first-order chi connectivity index (χ1) is 12.3. The Morgan fingerprint density at radius 1 is 1.16 bits per heavy atom. The Bertz CT molecular complexity index is 709. The van der Waals surface area contributed by atoms with E-state index in [-0.39, 0.29) is 5.91 Å². The van der Waals surface area contributed by atoms with Gasteiger partial charge < -0.3 is 15.4 Å². The zero-order valence-corrected chi connectivity index (χ0v) is 14.8. The van der Waals surface area contributed by atoms with Gasteiger partial charge in [-0.05, 0) is 62.0 Å². The fourth-order valence-corrected chi connectivity index (χ4v) is 3.38. The summed E-state index contributed by atoms with van der Waals surface area (Å²) in [6.45, 7) is 2.15. The molecular formula is C21H26N2O2. The smallest absolute Gasteiger partial charge is 0.224 e. The molecule has 0 radical (unpaired) electrons. The molecular weight excluding hydrogens is 312 g/mol. The van der Waals surface area contributed by atoms with Crippen molar-refractivity contribution in [3.63, 3.8) is 0 Å². The molecule has 1 heterocycles. The average molecular weight is 338 g/mol. The van der Waals surface area contributed by atoms with Crippen molar-refractivity contribution in [2.75, 3.05) is 25.5 Å². The highest BCUT2D eigenvalue weighted by Gasteiger charge is 2.14. The monoisotopic (exact) mass is 338 g/mol. The quantitative estimate of drug-likeness (QED) is 0.834. The first-order valence-corrected chi connectivity index (χ1v) is 9.00. The molecule has 0 aliphatic carbocycles. The van der Waals surface area contributed by atoms with Gasteiger partial charge in [0.15, 0.2) is 0 Å². The number of hydrogen-bond acceptors (Lipinski definition) is 3. The van der Waals surface area contributed by atoms with Crippen molar-refractivity contribution >= 4 is 11.6 Å². The van der Waals surface area contributed by atoms with Crippen LogP contribution in [0.4, 0.5) is 5.69 Å². The number of para-hydroxylation sites is 1. The first kappa shape index (κ1) is 17.5. The number of ether oxygens (including phenoxy) is 1. The van der Waals surface area contributed by atoms with Gasteiger partial charge in [-0.2, -0.15) is 0 Å². The molecule has 1 saturated heterocycles. The second-order valence-electron chi connectivity index (χ2n) is 6.56. The zero-order chi connectivity index (χ0) is 17.5. The molecule has 0 bridgehead atoms. The summed E-state index contributed by atoms with van der Waals surface area (Å²) >= 11 is 0. The molecule has 0 atom stereocenters. The van der Waals surface area contributed by atoms with Gasteiger partial charge in [0, 0.05) is 17.7 Å². The Morgan fingerprint density at radius 2 is 1.96 bits per heavy atom. The Labute approximate surface area is 149 Å². The molecule has 25 heavy (non-hydrogen) atoms. The highest BCUT2D eigenvalue weighted by atomic mass is 16.5. The fraction of sp³-hybridized carbons (Fsp3) is 0.381. The minimum atomic E-state index is 0.0932. The third-order valence-electron chi connectivity index (χ3n) is 4.80. The lowest BCUT2D eigenvalue weighted by atomic mass is 9.93. The topological polar surface area (TPSA) is 50.4 Å². The molecule has 0 spiro atoms. The van der Waals surface area contributed by atoms with E-state index in [1.165, 1.54) is 12.8 Å². The molecule has 1 aliphatic rings. The van der Waals surface area contributed by atoms with Crippen LogP contribution in [0.5, 0.6) is 5.75 Å². The zero-order valence-electron chi connectivity index (χ0n) is 14.8. The van der Waals surface area contributed by atoms with Crippen LogP contribution in [0.1, 0.15) is 25.7 Å². The molecule has 2 aromatic carbocycles. The molecule has 0 unspecified atom stereocenters. The van der Waals surface area contributed by atoms with Gasteiger partial charge in [0.2, 0.25) is 5.91 Å². The SMILES string of the molecule is COc1ccccc1-c1cccc(NC(=O)CCC2CCNCC2)c1. The maximum absolute atomic E-state index is 12.3. The van der Waals surface area contributed by atoms with E-state index in [2.05, 4.69) is 10.6 Å². The number of nitrogens with one attached hydrogen (secondary N) is 2. The van der Waals surface area contributed by atoms with Gasteiger partial charge in [-0.3, -0.25) is 4.79 Å². The van der Waals surface area contributed by atoms with Gasteiger partial charge in [-0.1, -0.05) is 30.3 Å². The van der Waals surface area contributed by atoms with E-state index in [9.17, 15) is 4.79 Å². The highest BCUT2D eigenvalue weighted by molar-refractivity contribution is 5.91. The molecule has 132 valence electrons. The van der Waals surface area contributed by atoms with E-state index in [1.807, 2.05) is 48.5 Å². The summed E-state index contributed by atoms with van der Waals surface area (Å²) < 4.78 is 5.43. The number of anilines is 1. The highest BCUT2D eigenvalue weighted by Crippen LogP contribution is 2.31. The van der Waals surface area contributed by atoms with Crippen LogP contribution in [0.25, 0.3) is 11.1 Å². The van der Waals surface area contributed by atoms with Crippen LogP contribution in [0.3, 0.4) is 0 Å². The van der Waals surface area contributed by atoms with E-state index in [1.54, 1.807) is 7.11 Å². The maximum atomic E-state index is 12.3. The number of amides is 1. The van der Waals surface area contributed by atoms with Crippen molar-refractivity contribution in [2.45, 2.75) is 25.7 Å². The van der Waals surface area contributed by atoms with Crippen LogP contribution in [0.2, 0.25) is 0 Å². The molecule has 1 amide bonds. The number of carbonyl (C=O) groups is 1. The van der Waals surface area contributed by atoms with Gasteiger partial charge in [0.05, 0.1) is 7.11 Å². The molecule has 4 nitrogen and oxygen atoms in total. The van der Waals surface area contributed by atoms with Crippen LogP contribution in [0.15, 0.2) is 48.5 Å².